The predicted octanol–water partition coefficient (Wildman–Crippen LogP) is 3.11. The van der Waals surface area contributed by atoms with Crippen LogP contribution in [0.2, 0.25) is 0 Å². The topological polar surface area (TPSA) is 96.0 Å². The van der Waals surface area contributed by atoms with Crippen molar-refractivity contribution >= 4 is 23.9 Å². The molecular formula is C20H30O7. The summed E-state index contributed by atoms with van der Waals surface area (Å²) in [5, 5.41) is 0. The van der Waals surface area contributed by atoms with Gasteiger partial charge >= 0.3 is 23.9 Å². The molecule has 1 heterocycles. The number of esters is 4. The third-order valence-corrected chi connectivity index (χ3v) is 4.41. The summed E-state index contributed by atoms with van der Waals surface area (Å²) in [6.07, 6.45) is 9.41. The Morgan fingerprint density at radius 2 is 1.30 bits per heavy atom. The molecule has 2 unspecified atom stereocenters. The van der Waals surface area contributed by atoms with Crippen LogP contribution in [0, 0.1) is 11.8 Å². The van der Waals surface area contributed by atoms with Gasteiger partial charge in [0, 0.05) is 12.2 Å². The second-order valence-corrected chi connectivity index (χ2v) is 6.61. The molecule has 0 N–H and O–H groups in total. The highest BCUT2D eigenvalue weighted by atomic mass is 16.6. The molecule has 0 aromatic rings. The molecule has 2 atom stereocenters. The summed E-state index contributed by atoms with van der Waals surface area (Å²) in [5.74, 6) is -2.18. The van der Waals surface area contributed by atoms with Crippen LogP contribution in [-0.2, 0) is 33.4 Å². The van der Waals surface area contributed by atoms with Gasteiger partial charge in [-0.25, -0.2) is 9.59 Å². The van der Waals surface area contributed by atoms with Gasteiger partial charge in [-0.3, -0.25) is 9.59 Å². The van der Waals surface area contributed by atoms with Crippen LogP contribution in [0.15, 0.2) is 12.2 Å². The maximum absolute atomic E-state index is 12.1. The Morgan fingerprint density at radius 3 is 1.59 bits per heavy atom. The Morgan fingerprint density at radius 1 is 0.889 bits per heavy atom. The highest BCUT2D eigenvalue weighted by molar-refractivity contribution is 6.04. The van der Waals surface area contributed by atoms with Crippen molar-refractivity contribution in [3.8, 4) is 0 Å². The van der Waals surface area contributed by atoms with Crippen LogP contribution < -0.4 is 0 Å². The zero-order valence-electron chi connectivity index (χ0n) is 16.2. The Hall–Kier alpha value is -2.18. The first kappa shape index (κ1) is 22.9. The van der Waals surface area contributed by atoms with E-state index < -0.39 is 11.9 Å². The summed E-state index contributed by atoms with van der Waals surface area (Å²) in [4.78, 5) is 44.0. The largest absolute Gasteiger partial charge is 0.465 e. The number of ether oxygens (including phenoxy) is 3. The van der Waals surface area contributed by atoms with Crippen molar-refractivity contribution in [1.29, 1.82) is 0 Å². The molecule has 0 aromatic heterocycles. The fourth-order valence-corrected chi connectivity index (χ4v) is 2.85. The fraction of sp³-hybridized carbons (Fsp3) is 0.700. The lowest BCUT2D eigenvalue weighted by Gasteiger charge is -2.28. The number of cyclic esters (lactones) is 2. The standard InChI is InChI=1S/C16H28O4.C4H2O3/c1-3-5-11-19-15(17)13-9-7-8-10-14(13)16(18)20-12-6-4-2;5-3-1-2-4(6)7-3/h13-14H,3-12H2,1-2H3;1-2H. The molecule has 0 aromatic carbocycles. The molecule has 7 nitrogen and oxygen atoms in total. The normalized spacial score (nSPS) is 21.1. The highest BCUT2D eigenvalue weighted by Crippen LogP contribution is 2.32. The smallest absolute Gasteiger partial charge is 0.338 e. The van der Waals surface area contributed by atoms with Crippen LogP contribution in [0.25, 0.3) is 0 Å². The first-order chi connectivity index (χ1) is 13.0. The second-order valence-electron chi connectivity index (χ2n) is 6.61. The van der Waals surface area contributed by atoms with E-state index in [4.69, 9.17) is 9.47 Å². The van der Waals surface area contributed by atoms with Gasteiger partial charge in [-0.15, -0.1) is 0 Å². The maximum atomic E-state index is 12.1. The number of hydrogen-bond acceptors (Lipinski definition) is 7. The van der Waals surface area contributed by atoms with E-state index in [0.717, 1.165) is 63.5 Å². The van der Waals surface area contributed by atoms with E-state index >= 15 is 0 Å². The average Bonchev–Trinajstić information content (AvgIpc) is 3.05. The Kier molecular flexibility index (Phi) is 11.1. The molecule has 27 heavy (non-hydrogen) atoms. The van der Waals surface area contributed by atoms with Crippen molar-refractivity contribution in [2.24, 2.45) is 11.8 Å². The molecule has 152 valence electrons. The monoisotopic (exact) mass is 382 g/mol. The molecule has 0 bridgehead atoms. The molecule has 1 aliphatic heterocycles. The van der Waals surface area contributed by atoms with E-state index in [1.807, 2.05) is 0 Å². The molecule has 1 fully saturated rings. The minimum absolute atomic E-state index is 0.212. The fourth-order valence-electron chi connectivity index (χ4n) is 2.85. The van der Waals surface area contributed by atoms with Crippen LogP contribution >= 0.6 is 0 Å². The quantitative estimate of drug-likeness (QED) is 0.275. The minimum atomic E-state index is -0.579. The molecule has 0 radical (unpaired) electrons. The highest BCUT2D eigenvalue weighted by Gasteiger charge is 2.37. The number of carbonyl (C=O) groups is 4. The average molecular weight is 382 g/mol. The van der Waals surface area contributed by atoms with Gasteiger partial charge in [0.25, 0.3) is 0 Å². The van der Waals surface area contributed by atoms with E-state index in [9.17, 15) is 19.2 Å². The Labute approximate surface area is 160 Å². The van der Waals surface area contributed by atoms with Crippen LogP contribution in [0.4, 0.5) is 0 Å². The van der Waals surface area contributed by atoms with Crippen molar-refractivity contribution in [2.45, 2.75) is 65.2 Å². The summed E-state index contributed by atoms with van der Waals surface area (Å²) in [7, 11) is 0. The van der Waals surface area contributed by atoms with E-state index in [1.54, 1.807) is 0 Å². The Bertz CT molecular complexity index is 492. The molecule has 0 amide bonds. The van der Waals surface area contributed by atoms with E-state index in [0.29, 0.717) is 13.2 Å². The van der Waals surface area contributed by atoms with Gasteiger partial charge in [0.15, 0.2) is 0 Å². The van der Waals surface area contributed by atoms with Crippen molar-refractivity contribution in [3.05, 3.63) is 12.2 Å². The Balaban J connectivity index is 0.000000433. The third-order valence-electron chi connectivity index (χ3n) is 4.41. The third kappa shape index (κ3) is 8.84. The number of unbranched alkanes of at least 4 members (excludes halogenated alkanes) is 2. The maximum Gasteiger partial charge on any atom is 0.338 e. The van der Waals surface area contributed by atoms with E-state index in [1.165, 1.54) is 0 Å². The lowest BCUT2D eigenvalue weighted by atomic mass is 9.79. The lowest BCUT2D eigenvalue weighted by Crippen LogP contribution is -2.35. The van der Waals surface area contributed by atoms with Gasteiger partial charge in [0.05, 0.1) is 25.0 Å². The number of hydrogen-bond donors (Lipinski definition) is 0. The van der Waals surface area contributed by atoms with Crippen LogP contribution in [0.5, 0.6) is 0 Å². The van der Waals surface area contributed by atoms with Crippen LogP contribution in [0.1, 0.15) is 65.2 Å². The summed E-state index contributed by atoms with van der Waals surface area (Å²) in [5.41, 5.74) is 0. The molecule has 0 saturated heterocycles. The number of rotatable bonds is 8. The van der Waals surface area contributed by atoms with Crippen molar-refractivity contribution in [2.75, 3.05) is 13.2 Å². The van der Waals surface area contributed by atoms with Gasteiger partial charge in [-0.1, -0.05) is 39.5 Å². The minimum Gasteiger partial charge on any atom is -0.465 e. The summed E-state index contributed by atoms with van der Waals surface area (Å²) >= 11 is 0. The van der Waals surface area contributed by atoms with E-state index in [-0.39, 0.29) is 23.8 Å². The van der Waals surface area contributed by atoms with Crippen molar-refractivity contribution < 1.29 is 33.4 Å². The molecule has 2 rings (SSSR count). The predicted molar refractivity (Wildman–Crippen MR) is 97.4 cm³/mol. The summed E-state index contributed by atoms with van der Waals surface area (Å²) in [6.45, 7) is 5.04. The molecule has 7 heteroatoms. The van der Waals surface area contributed by atoms with Gasteiger partial charge in [-0.05, 0) is 25.7 Å². The molecule has 2 aliphatic rings. The van der Waals surface area contributed by atoms with E-state index in [2.05, 4.69) is 18.6 Å². The molecular weight excluding hydrogens is 352 g/mol. The second kappa shape index (κ2) is 13.1. The lowest BCUT2D eigenvalue weighted by molar-refractivity contribution is -0.163. The molecule has 0 spiro atoms. The van der Waals surface area contributed by atoms with Crippen LogP contribution in [-0.4, -0.2) is 37.1 Å². The molecule has 1 saturated carbocycles. The zero-order chi connectivity index (χ0) is 20.1. The van der Waals surface area contributed by atoms with Crippen LogP contribution in [0.3, 0.4) is 0 Å². The first-order valence-electron chi connectivity index (χ1n) is 9.76. The van der Waals surface area contributed by atoms with Gasteiger partial charge in [0.2, 0.25) is 0 Å². The zero-order valence-corrected chi connectivity index (χ0v) is 16.2. The van der Waals surface area contributed by atoms with Gasteiger partial charge < -0.3 is 14.2 Å². The molecule has 1 aliphatic carbocycles. The number of carbonyl (C=O) groups excluding carboxylic acids is 4. The summed E-state index contributed by atoms with van der Waals surface area (Å²) in [6, 6.07) is 0. The summed E-state index contributed by atoms with van der Waals surface area (Å²) < 4.78 is 14.5. The SMILES string of the molecule is CCCCOC(=O)C1CCCCC1C(=O)OCCCC.O=C1C=CC(=O)O1. The van der Waals surface area contributed by atoms with Gasteiger partial charge in [-0.2, -0.15) is 0 Å². The van der Waals surface area contributed by atoms with Crippen molar-refractivity contribution in [3.63, 3.8) is 0 Å². The van der Waals surface area contributed by atoms with Crippen molar-refractivity contribution in [1.82, 2.24) is 0 Å². The first-order valence-corrected chi connectivity index (χ1v) is 9.76. The van der Waals surface area contributed by atoms with Gasteiger partial charge in [0.1, 0.15) is 0 Å².